The summed E-state index contributed by atoms with van der Waals surface area (Å²) in [5.41, 5.74) is 1.02. The Labute approximate surface area is 91.0 Å². The van der Waals surface area contributed by atoms with Crippen molar-refractivity contribution in [3.8, 4) is 0 Å². The highest BCUT2D eigenvalue weighted by molar-refractivity contribution is 7.11. The monoisotopic (exact) mass is 223 g/mol. The van der Waals surface area contributed by atoms with E-state index in [1.54, 1.807) is 18.3 Å². The van der Waals surface area contributed by atoms with E-state index >= 15 is 0 Å². The van der Waals surface area contributed by atoms with E-state index in [1.165, 1.54) is 23.5 Å². The van der Waals surface area contributed by atoms with E-state index in [4.69, 9.17) is 5.11 Å². The van der Waals surface area contributed by atoms with Crippen molar-refractivity contribution in [1.82, 2.24) is 4.98 Å². The summed E-state index contributed by atoms with van der Waals surface area (Å²) in [7, 11) is 0. The van der Waals surface area contributed by atoms with Crippen molar-refractivity contribution in [2.45, 2.75) is 13.0 Å². The van der Waals surface area contributed by atoms with Crippen LogP contribution >= 0.6 is 11.3 Å². The molecule has 0 atom stereocenters. The number of halogens is 1. The molecular weight excluding hydrogens is 213 g/mol. The second kappa shape index (κ2) is 4.51. The van der Waals surface area contributed by atoms with Gasteiger partial charge in [0.2, 0.25) is 0 Å². The summed E-state index contributed by atoms with van der Waals surface area (Å²) < 4.78 is 12.6. The van der Waals surface area contributed by atoms with Gasteiger partial charge in [-0.25, -0.2) is 9.37 Å². The normalized spacial score (nSPS) is 10.5. The summed E-state index contributed by atoms with van der Waals surface area (Å²) in [4.78, 5) is 5.02. The van der Waals surface area contributed by atoms with E-state index in [2.05, 4.69) is 4.98 Å². The van der Waals surface area contributed by atoms with Crippen molar-refractivity contribution in [3.05, 3.63) is 51.7 Å². The van der Waals surface area contributed by atoms with Crippen molar-refractivity contribution >= 4 is 11.3 Å². The molecule has 0 saturated heterocycles. The molecule has 0 radical (unpaired) electrons. The smallest absolute Gasteiger partial charge is 0.123 e. The third-order valence-electron chi connectivity index (χ3n) is 2.03. The summed E-state index contributed by atoms with van der Waals surface area (Å²) in [6.07, 6.45) is 2.36. The number of rotatable bonds is 3. The molecule has 15 heavy (non-hydrogen) atoms. The van der Waals surface area contributed by atoms with Gasteiger partial charge in [0, 0.05) is 12.6 Å². The highest BCUT2D eigenvalue weighted by Gasteiger charge is 2.02. The Morgan fingerprint density at radius 3 is 2.60 bits per heavy atom. The molecule has 1 N–H and O–H groups in total. The topological polar surface area (TPSA) is 33.1 Å². The van der Waals surface area contributed by atoms with Crippen molar-refractivity contribution < 1.29 is 9.50 Å². The summed E-state index contributed by atoms with van der Waals surface area (Å²) in [5.74, 6) is -0.228. The Morgan fingerprint density at radius 2 is 2.00 bits per heavy atom. The van der Waals surface area contributed by atoms with Gasteiger partial charge < -0.3 is 5.11 Å². The number of thiazole rings is 1. The van der Waals surface area contributed by atoms with Gasteiger partial charge in [0.25, 0.3) is 0 Å². The van der Waals surface area contributed by atoms with Crippen LogP contribution < -0.4 is 0 Å². The molecule has 0 bridgehead atoms. The average molecular weight is 223 g/mol. The van der Waals surface area contributed by atoms with Gasteiger partial charge in [-0.2, -0.15) is 0 Å². The fourth-order valence-corrected chi connectivity index (χ4v) is 2.10. The van der Waals surface area contributed by atoms with Gasteiger partial charge in [0.05, 0.1) is 16.5 Å². The van der Waals surface area contributed by atoms with Gasteiger partial charge >= 0.3 is 0 Å². The lowest BCUT2D eigenvalue weighted by molar-refractivity contribution is 0.285. The molecule has 0 saturated carbocycles. The Bertz CT molecular complexity index is 438. The number of nitrogens with zero attached hydrogens (tertiary/aromatic N) is 1. The standard InChI is InChI=1S/C11H10FNOS/c12-9-3-1-8(2-4-9)5-11-13-6-10(7-14)15-11/h1-4,6,14H,5,7H2. The SMILES string of the molecule is OCc1cnc(Cc2ccc(F)cc2)s1. The van der Waals surface area contributed by atoms with Gasteiger partial charge in [-0.3, -0.25) is 0 Å². The molecule has 0 aliphatic heterocycles. The zero-order valence-electron chi connectivity index (χ0n) is 7.98. The van der Waals surface area contributed by atoms with E-state index in [0.717, 1.165) is 15.4 Å². The second-order valence-corrected chi connectivity index (χ2v) is 4.38. The fraction of sp³-hybridized carbons (Fsp3) is 0.182. The number of aliphatic hydroxyl groups excluding tert-OH is 1. The molecule has 0 fully saturated rings. The zero-order chi connectivity index (χ0) is 10.7. The van der Waals surface area contributed by atoms with Crippen LogP contribution in [0.25, 0.3) is 0 Å². The van der Waals surface area contributed by atoms with Crippen LogP contribution in [0.4, 0.5) is 4.39 Å². The average Bonchev–Trinajstić information content (AvgIpc) is 2.69. The van der Waals surface area contributed by atoms with E-state index in [1.807, 2.05) is 0 Å². The molecule has 1 heterocycles. The molecule has 0 aliphatic carbocycles. The Balaban J connectivity index is 2.11. The molecule has 0 spiro atoms. The summed E-state index contributed by atoms with van der Waals surface area (Å²) in [6.45, 7) is 0.0289. The largest absolute Gasteiger partial charge is 0.391 e. The molecule has 78 valence electrons. The molecule has 1 aromatic carbocycles. The molecule has 1 aromatic heterocycles. The summed E-state index contributed by atoms with van der Waals surface area (Å²) in [6, 6.07) is 6.37. The lowest BCUT2D eigenvalue weighted by atomic mass is 10.2. The molecule has 2 aromatic rings. The van der Waals surface area contributed by atoms with Crippen LogP contribution in [0.2, 0.25) is 0 Å². The summed E-state index contributed by atoms with van der Waals surface area (Å²) in [5, 5.41) is 9.81. The van der Waals surface area contributed by atoms with E-state index in [-0.39, 0.29) is 12.4 Å². The lowest BCUT2D eigenvalue weighted by Gasteiger charge is -1.96. The molecule has 0 amide bonds. The van der Waals surface area contributed by atoms with Gasteiger partial charge in [0.15, 0.2) is 0 Å². The van der Waals surface area contributed by atoms with Gasteiger partial charge in [-0.05, 0) is 17.7 Å². The van der Waals surface area contributed by atoms with Crippen LogP contribution in [0.5, 0.6) is 0 Å². The number of hydrogen-bond acceptors (Lipinski definition) is 3. The number of aliphatic hydroxyl groups is 1. The lowest BCUT2D eigenvalue weighted by Crippen LogP contribution is -1.86. The van der Waals surface area contributed by atoms with Crippen molar-refractivity contribution in [2.24, 2.45) is 0 Å². The van der Waals surface area contributed by atoms with E-state index in [9.17, 15) is 4.39 Å². The maximum atomic E-state index is 12.6. The van der Waals surface area contributed by atoms with Crippen molar-refractivity contribution in [3.63, 3.8) is 0 Å². The minimum Gasteiger partial charge on any atom is -0.391 e. The molecule has 4 heteroatoms. The van der Waals surface area contributed by atoms with E-state index in [0.29, 0.717) is 6.42 Å². The molecule has 0 aliphatic rings. The molecule has 0 unspecified atom stereocenters. The van der Waals surface area contributed by atoms with Gasteiger partial charge in [-0.15, -0.1) is 11.3 Å². The molecule has 2 rings (SSSR count). The first-order valence-electron chi connectivity index (χ1n) is 4.57. The molecule has 2 nitrogen and oxygen atoms in total. The Kier molecular flexibility index (Phi) is 3.08. The molecular formula is C11H10FNOS. The minimum atomic E-state index is -0.228. The maximum Gasteiger partial charge on any atom is 0.123 e. The Hall–Kier alpha value is -1.26. The first-order chi connectivity index (χ1) is 7.28. The maximum absolute atomic E-state index is 12.6. The summed E-state index contributed by atoms with van der Waals surface area (Å²) >= 11 is 1.48. The predicted octanol–water partition coefficient (Wildman–Crippen LogP) is 2.37. The number of benzene rings is 1. The van der Waals surface area contributed by atoms with Gasteiger partial charge in [-0.1, -0.05) is 12.1 Å². The first-order valence-corrected chi connectivity index (χ1v) is 5.38. The van der Waals surface area contributed by atoms with Crippen LogP contribution in [-0.2, 0) is 13.0 Å². The second-order valence-electron chi connectivity index (χ2n) is 3.18. The zero-order valence-corrected chi connectivity index (χ0v) is 8.80. The number of aromatic nitrogens is 1. The van der Waals surface area contributed by atoms with Crippen LogP contribution in [0.1, 0.15) is 15.4 Å². The highest BCUT2D eigenvalue weighted by Crippen LogP contribution is 2.16. The van der Waals surface area contributed by atoms with Crippen molar-refractivity contribution in [2.75, 3.05) is 0 Å². The Morgan fingerprint density at radius 1 is 1.27 bits per heavy atom. The third kappa shape index (κ3) is 2.61. The van der Waals surface area contributed by atoms with Crippen LogP contribution in [0.3, 0.4) is 0 Å². The third-order valence-corrected chi connectivity index (χ3v) is 3.01. The van der Waals surface area contributed by atoms with Gasteiger partial charge in [0.1, 0.15) is 5.82 Å². The van der Waals surface area contributed by atoms with E-state index < -0.39 is 0 Å². The van der Waals surface area contributed by atoms with Crippen LogP contribution in [0, 0.1) is 5.82 Å². The number of hydrogen-bond donors (Lipinski definition) is 1. The van der Waals surface area contributed by atoms with Crippen molar-refractivity contribution in [1.29, 1.82) is 0 Å². The first kappa shape index (κ1) is 10.3. The van der Waals surface area contributed by atoms with Crippen LogP contribution in [0.15, 0.2) is 30.5 Å². The highest BCUT2D eigenvalue weighted by atomic mass is 32.1. The minimum absolute atomic E-state index is 0.0289. The fourth-order valence-electron chi connectivity index (χ4n) is 1.28. The quantitative estimate of drug-likeness (QED) is 0.866. The predicted molar refractivity (Wildman–Crippen MR) is 57.2 cm³/mol. The van der Waals surface area contributed by atoms with Crippen LogP contribution in [-0.4, -0.2) is 10.1 Å².